The van der Waals surface area contributed by atoms with E-state index in [1.807, 2.05) is 6.07 Å². The monoisotopic (exact) mass is 802 g/mol. The summed E-state index contributed by atoms with van der Waals surface area (Å²) in [6, 6.07) is 78.9. The van der Waals surface area contributed by atoms with E-state index in [1.54, 1.807) is 0 Å². The van der Waals surface area contributed by atoms with Crippen LogP contribution in [0.4, 0.5) is 0 Å². The number of hydrogen-bond acceptors (Lipinski definition) is 2. The lowest BCUT2D eigenvalue weighted by Gasteiger charge is -2.26. The molecule has 1 aromatic heterocycles. The highest BCUT2D eigenvalue weighted by atomic mass is 14.9. The first-order valence-corrected chi connectivity index (χ1v) is 21.8. The zero-order valence-corrected chi connectivity index (χ0v) is 35.2. The summed E-state index contributed by atoms with van der Waals surface area (Å²) >= 11 is 0. The lowest BCUT2D eigenvalue weighted by Crippen LogP contribution is -2.17. The standard InChI is InChI=1S/C61H42N2/c1-61(2)58-44-24-10-9-19-40(44)31-32-54(58)53-30-16-29-52(59(53)61)51-34-33-49(45-25-11-12-26-46(45)51)50-35-36-55(48-28-14-13-27-47(48)50)60-62-56(41-20-7-4-8-21-41)38-57(63-60)43-23-15-22-42(37-43)39-17-5-3-6-18-39/h3-38H,1-2H3. The minimum absolute atomic E-state index is 0.182. The largest absolute Gasteiger partial charge is 0.228 e. The fourth-order valence-corrected chi connectivity index (χ4v) is 10.4. The van der Waals surface area contributed by atoms with Crippen LogP contribution in [0.3, 0.4) is 0 Å². The molecule has 1 aliphatic rings. The Bertz CT molecular complexity index is 3580. The van der Waals surface area contributed by atoms with Crippen LogP contribution in [0.25, 0.3) is 111 Å². The number of fused-ring (bicyclic) bond motifs is 7. The maximum Gasteiger partial charge on any atom is 0.161 e. The SMILES string of the molecule is CC1(C)c2c(cccc2-c2ccc(-c3ccc(-c4nc(-c5ccccc5)cc(-c5cccc(-c6ccccc6)c5)n4)c4ccccc34)c3ccccc23)-c2ccc3ccccc3c21. The molecule has 0 amide bonds. The first kappa shape index (κ1) is 36.9. The molecular weight excluding hydrogens is 761 g/mol. The predicted molar refractivity (Wildman–Crippen MR) is 265 cm³/mol. The zero-order valence-electron chi connectivity index (χ0n) is 35.2. The molecule has 0 spiro atoms. The van der Waals surface area contributed by atoms with Crippen molar-refractivity contribution in [1.82, 2.24) is 9.97 Å². The van der Waals surface area contributed by atoms with Gasteiger partial charge >= 0.3 is 0 Å². The third-order valence-electron chi connectivity index (χ3n) is 13.3. The van der Waals surface area contributed by atoms with Crippen LogP contribution in [0.2, 0.25) is 0 Å². The molecule has 1 heterocycles. The van der Waals surface area contributed by atoms with Crippen LogP contribution in [0, 0.1) is 0 Å². The Balaban J connectivity index is 1.01. The van der Waals surface area contributed by atoms with E-state index in [4.69, 9.17) is 9.97 Å². The zero-order chi connectivity index (χ0) is 42.1. The van der Waals surface area contributed by atoms with Crippen molar-refractivity contribution in [3.8, 4) is 78.4 Å². The van der Waals surface area contributed by atoms with Gasteiger partial charge < -0.3 is 0 Å². The quantitative estimate of drug-likeness (QED) is 0.167. The molecule has 0 radical (unpaired) electrons. The highest BCUT2D eigenvalue weighted by molar-refractivity contribution is 6.13. The minimum Gasteiger partial charge on any atom is -0.228 e. The number of benzene rings is 10. The van der Waals surface area contributed by atoms with E-state index in [0.29, 0.717) is 5.82 Å². The van der Waals surface area contributed by atoms with Gasteiger partial charge in [-0.2, -0.15) is 0 Å². The van der Waals surface area contributed by atoms with Crippen LogP contribution in [0.15, 0.2) is 218 Å². The summed E-state index contributed by atoms with van der Waals surface area (Å²) in [5.41, 5.74) is 17.5. The number of hydrogen-bond donors (Lipinski definition) is 0. The molecule has 0 fully saturated rings. The van der Waals surface area contributed by atoms with Gasteiger partial charge in [-0.05, 0) is 106 Å². The Morgan fingerprint density at radius 2 is 0.714 bits per heavy atom. The Labute approximate surface area is 367 Å². The van der Waals surface area contributed by atoms with Gasteiger partial charge in [-0.1, -0.05) is 214 Å². The molecule has 63 heavy (non-hydrogen) atoms. The molecule has 0 atom stereocenters. The number of aromatic nitrogens is 2. The third-order valence-corrected chi connectivity index (χ3v) is 13.3. The molecule has 0 unspecified atom stereocenters. The second-order valence-electron chi connectivity index (χ2n) is 17.2. The van der Waals surface area contributed by atoms with Crippen molar-refractivity contribution in [3.63, 3.8) is 0 Å². The first-order valence-electron chi connectivity index (χ1n) is 21.8. The van der Waals surface area contributed by atoms with Crippen molar-refractivity contribution in [1.29, 1.82) is 0 Å². The highest BCUT2D eigenvalue weighted by Crippen LogP contribution is 2.55. The molecule has 10 aromatic carbocycles. The molecule has 2 nitrogen and oxygen atoms in total. The normalized spacial score (nSPS) is 12.7. The van der Waals surface area contributed by atoms with Crippen LogP contribution < -0.4 is 0 Å². The Kier molecular flexibility index (Phi) is 8.55. The minimum atomic E-state index is -0.182. The van der Waals surface area contributed by atoms with E-state index in [9.17, 15) is 0 Å². The Morgan fingerprint density at radius 1 is 0.286 bits per heavy atom. The van der Waals surface area contributed by atoms with E-state index in [-0.39, 0.29) is 5.41 Å². The van der Waals surface area contributed by atoms with Crippen LogP contribution in [-0.4, -0.2) is 9.97 Å². The molecule has 0 aliphatic heterocycles. The second-order valence-corrected chi connectivity index (χ2v) is 17.2. The fraction of sp³-hybridized carbons (Fsp3) is 0.0492. The van der Waals surface area contributed by atoms with Crippen LogP contribution >= 0.6 is 0 Å². The lowest BCUT2D eigenvalue weighted by atomic mass is 9.76. The number of rotatable bonds is 6. The predicted octanol–water partition coefficient (Wildman–Crippen LogP) is 16.2. The van der Waals surface area contributed by atoms with Crippen molar-refractivity contribution in [2.45, 2.75) is 19.3 Å². The Hall–Kier alpha value is -7.94. The Morgan fingerprint density at radius 3 is 1.37 bits per heavy atom. The summed E-state index contributed by atoms with van der Waals surface area (Å²) in [5, 5.41) is 7.38. The molecule has 0 saturated heterocycles. The van der Waals surface area contributed by atoms with Crippen molar-refractivity contribution >= 4 is 32.3 Å². The first-order chi connectivity index (χ1) is 31.0. The van der Waals surface area contributed by atoms with E-state index in [1.165, 1.54) is 77.0 Å². The van der Waals surface area contributed by atoms with Gasteiger partial charge in [-0.25, -0.2) is 9.97 Å². The van der Waals surface area contributed by atoms with Gasteiger partial charge in [0.2, 0.25) is 0 Å². The molecular formula is C61H42N2. The van der Waals surface area contributed by atoms with E-state index in [0.717, 1.165) is 39.0 Å². The van der Waals surface area contributed by atoms with E-state index < -0.39 is 0 Å². The van der Waals surface area contributed by atoms with Gasteiger partial charge in [0.15, 0.2) is 5.82 Å². The van der Waals surface area contributed by atoms with Gasteiger partial charge in [0.05, 0.1) is 11.4 Å². The fourth-order valence-electron chi connectivity index (χ4n) is 10.4. The average Bonchev–Trinajstić information content (AvgIpc) is 3.60. The maximum absolute atomic E-state index is 5.34. The van der Waals surface area contributed by atoms with Crippen LogP contribution in [0.5, 0.6) is 0 Å². The highest BCUT2D eigenvalue weighted by Gasteiger charge is 2.39. The van der Waals surface area contributed by atoms with Crippen molar-refractivity contribution in [2.75, 3.05) is 0 Å². The molecule has 0 bridgehead atoms. The summed E-state index contributed by atoms with van der Waals surface area (Å²) in [7, 11) is 0. The maximum atomic E-state index is 5.34. The van der Waals surface area contributed by atoms with E-state index >= 15 is 0 Å². The molecule has 0 N–H and O–H groups in total. The summed E-state index contributed by atoms with van der Waals surface area (Å²) in [6.45, 7) is 4.81. The smallest absolute Gasteiger partial charge is 0.161 e. The van der Waals surface area contributed by atoms with Crippen molar-refractivity contribution < 1.29 is 0 Å². The number of nitrogens with zero attached hydrogens (tertiary/aromatic N) is 2. The van der Waals surface area contributed by atoms with Gasteiger partial charge in [0.1, 0.15) is 0 Å². The topological polar surface area (TPSA) is 25.8 Å². The molecule has 2 heteroatoms. The third kappa shape index (κ3) is 6.02. The summed E-state index contributed by atoms with van der Waals surface area (Å²) in [6.07, 6.45) is 0. The second kappa shape index (κ2) is 14.6. The molecule has 11 aromatic rings. The van der Waals surface area contributed by atoms with E-state index in [2.05, 4.69) is 226 Å². The van der Waals surface area contributed by atoms with Gasteiger partial charge in [-0.3, -0.25) is 0 Å². The summed E-state index contributed by atoms with van der Waals surface area (Å²) in [4.78, 5) is 10.6. The average molecular weight is 803 g/mol. The molecule has 1 aliphatic carbocycles. The van der Waals surface area contributed by atoms with Crippen molar-refractivity contribution in [2.24, 2.45) is 0 Å². The molecule has 0 saturated carbocycles. The molecule has 12 rings (SSSR count). The van der Waals surface area contributed by atoms with Gasteiger partial charge in [0, 0.05) is 22.1 Å². The van der Waals surface area contributed by atoms with Gasteiger partial charge in [-0.15, -0.1) is 0 Å². The van der Waals surface area contributed by atoms with Gasteiger partial charge in [0.25, 0.3) is 0 Å². The summed E-state index contributed by atoms with van der Waals surface area (Å²) in [5.74, 6) is 0.703. The molecule has 296 valence electrons. The van der Waals surface area contributed by atoms with Crippen LogP contribution in [-0.2, 0) is 5.41 Å². The lowest BCUT2D eigenvalue weighted by molar-refractivity contribution is 0.668. The van der Waals surface area contributed by atoms with Crippen molar-refractivity contribution in [3.05, 3.63) is 230 Å². The van der Waals surface area contributed by atoms with Crippen LogP contribution in [0.1, 0.15) is 25.0 Å². The summed E-state index contributed by atoms with van der Waals surface area (Å²) < 4.78 is 0.